The van der Waals surface area contributed by atoms with Crippen molar-refractivity contribution in [2.24, 2.45) is 5.41 Å². The van der Waals surface area contributed by atoms with Gasteiger partial charge in [-0.15, -0.1) is 0 Å². The van der Waals surface area contributed by atoms with Crippen LogP contribution in [0.1, 0.15) is 39.0 Å². The predicted molar refractivity (Wildman–Crippen MR) is 55.2 cm³/mol. The summed E-state index contributed by atoms with van der Waals surface area (Å²) in [5.74, 6) is 0.0353. The molecule has 15 heavy (non-hydrogen) atoms. The molecule has 0 amide bonds. The standard InChI is InChI=1S/C12H16O3/c1-2-15-11(14)12-6-3-4-9(12)8-10(13)5-7-12/h8H,2-7H2,1H3/t12-/m1/s1. The van der Waals surface area contributed by atoms with Gasteiger partial charge < -0.3 is 4.74 Å². The van der Waals surface area contributed by atoms with Crippen LogP contribution in [0.3, 0.4) is 0 Å². The van der Waals surface area contributed by atoms with Gasteiger partial charge in [0, 0.05) is 6.42 Å². The molecule has 3 heteroatoms. The van der Waals surface area contributed by atoms with Gasteiger partial charge in [-0.05, 0) is 44.3 Å². The molecule has 3 nitrogen and oxygen atoms in total. The Bertz CT molecular complexity index is 330. The van der Waals surface area contributed by atoms with Crippen LogP contribution in [0.4, 0.5) is 0 Å². The van der Waals surface area contributed by atoms with Crippen LogP contribution < -0.4 is 0 Å². The van der Waals surface area contributed by atoms with Gasteiger partial charge in [-0.2, -0.15) is 0 Å². The van der Waals surface area contributed by atoms with Crippen molar-refractivity contribution in [1.29, 1.82) is 0 Å². The molecule has 0 unspecified atom stereocenters. The summed E-state index contributed by atoms with van der Waals surface area (Å²) in [7, 11) is 0. The summed E-state index contributed by atoms with van der Waals surface area (Å²) in [5.41, 5.74) is 0.571. The molecule has 1 fully saturated rings. The Hall–Kier alpha value is -1.12. The molecule has 0 bridgehead atoms. The Morgan fingerprint density at radius 1 is 1.47 bits per heavy atom. The number of allylic oxidation sites excluding steroid dienone is 1. The Balaban J connectivity index is 2.29. The zero-order valence-electron chi connectivity index (χ0n) is 9.04. The highest BCUT2D eigenvalue weighted by atomic mass is 16.5. The molecule has 82 valence electrons. The zero-order chi connectivity index (χ0) is 10.9. The van der Waals surface area contributed by atoms with Gasteiger partial charge in [0.1, 0.15) is 0 Å². The highest BCUT2D eigenvalue weighted by Gasteiger charge is 2.48. The predicted octanol–water partition coefficient (Wildman–Crippen LogP) is 2.01. The van der Waals surface area contributed by atoms with Crippen LogP contribution in [0.25, 0.3) is 0 Å². The summed E-state index contributed by atoms with van der Waals surface area (Å²) >= 11 is 0. The molecular weight excluding hydrogens is 192 g/mol. The summed E-state index contributed by atoms with van der Waals surface area (Å²) in [6.45, 7) is 2.24. The lowest BCUT2D eigenvalue weighted by Crippen LogP contribution is -2.35. The van der Waals surface area contributed by atoms with Gasteiger partial charge in [0.25, 0.3) is 0 Å². The van der Waals surface area contributed by atoms with E-state index in [0.29, 0.717) is 19.4 Å². The average Bonchev–Trinajstić information content (AvgIpc) is 2.62. The van der Waals surface area contributed by atoms with E-state index in [2.05, 4.69) is 0 Å². The molecule has 0 aromatic carbocycles. The van der Waals surface area contributed by atoms with Crippen LogP contribution in [0.2, 0.25) is 0 Å². The van der Waals surface area contributed by atoms with E-state index in [1.54, 1.807) is 6.08 Å². The second-order valence-corrected chi connectivity index (χ2v) is 4.29. The fourth-order valence-corrected chi connectivity index (χ4v) is 2.68. The lowest BCUT2D eigenvalue weighted by molar-refractivity contribution is -0.153. The molecule has 0 saturated heterocycles. The normalized spacial score (nSPS) is 29.7. The van der Waals surface area contributed by atoms with Crippen LogP contribution >= 0.6 is 0 Å². The van der Waals surface area contributed by atoms with Crippen LogP contribution in [0.5, 0.6) is 0 Å². The van der Waals surface area contributed by atoms with E-state index in [0.717, 1.165) is 24.8 Å². The maximum Gasteiger partial charge on any atom is 0.316 e. The summed E-state index contributed by atoms with van der Waals surface area (Å²) in [6, 6.07) is 0. The summed E-state index contributed by atoms with van der Waals surface area (Å²) in [6.07, 6.45) is 5.54. The Labute approximate surface area is 89.5 Å². The highest BCUT2D eigenvalue weighted by Crippen LogP contribution is 2.49. The van der Waals surface area contributed by atoms with Crippen LogP contribution in [0.15, 0.2) is 11.6 Å². The van der Waals surface area contributed by atoms with Crippen molar-refractivity contribution in [3.05, 3.63) is 11.6 Å². The Morgan fingerprint density at radius 2 is 2.27 bits per heavy atom. The third-order valence-electron chi connectivity index (χ3n) is 3.46. The minimum atomic E-state index is -0.441. The molecule has 0 heterocycles. The maximum absolute atomic E-state index is 11.9. The minimum absolute atomic E-state index is 0.124. The van der Waals surface area contributed by atoms with E-state index in [1.807, 2.05) is 6.92 Å². The number of hydrogen-bond donors (Lipinski definition) is 0. The minimum Gasteiger partial charge on any atom is -0.465 e. The molecule has 0 radical (unpaired) electrons. The number of carbonyl (C=O) groups is 2. The largest absolute Gasteiger partial charge is 0.465 e. The smallest absolute Gasteiger partial charge is 0.316 e. The number of hydrogen-bond acceptors (Lipinski definition) is 3. The van der Waals surface area contributed by atoms with Gasteiger partial charge in [-0.3, -0.25) is 9.59 Å². The first kappa shape index (κ1) is 10.4. The van der Waals surface area contributed by atoms with Crippen molar-refractivity contribution in [2.75, 3.05) is 6.61 Å². The number of fused-ring (bicyclic) bond motifs is 1. The number of ether oxygens (including phenoxy) is 1. The molecule has 2 aliphatic rings. The molecule has 0 aromatic rings. The van der Waals surface area contributed by atoms with Gasteiger partial charge >= 0.3 is 5.97 Å². The second-order valence-electron chi connectivity index (χ2n) is 4.29. The van der Waals surface area contributed by atoms with Crippen molar-refractivity contribution in [2.45, 2.75) is 39.0 Å². The maximum atomic E-state index is 11.9. The van der Waals surface area contributed by atoms with Crippen molar-refractivity contribution in [3.63, 3.8) is 0 Å². The van der Waals surface area contributed by atoms with Crippen molar-refractivity contribution in [3.8, 4) is 0 Å². The molecule has 0 aromatic heterocycles. The highest BCUT2D eigenvalue weighted by molar-refractivity contribution is 5.95. The van der Waals surface area contributed by atoms with E-state index in [1.165, 1.54) is 0 Å². The van der Waals surface area contributed by atoms with Gasteiger partial charge in [-0.25, -0.2) is 0 Å². The quantitative estimate of drug-likeness (QED) is 0.652. The van der Waals surface area contributed by atoms with E-state index in [-0.39, 0.29) is 11.8 Å². The van der Waals surface area contributed by atoms with Crippen LogP contribution in [-0.2, 0) is 14.3 Å². The number of esters is 1. The third kappa shape index (κ3) is 1.60. The summed E-state index contributed by atoms with van der Waals surface area (Å²) in [4.78, 5) is 23.2. The van der Waals surface area contributed by atoms with Crippen molar-refractivity contribution >= 4 is 11.8 Å². The van der Waals surface area contributed by atoms with Gasteiger partial charge in [-0.1, -0.05) is 0 Å². The van der Waals surface area contributed by atoms with E-state index in [4.69, 9.17) is 4.74 Å². The van der Waals surface area contributed by atoms with Crippen LogP contribution in [-0.4, -0.2) is 18.4 Å². The summed E-state index contributed by atoms with van der Waals surface area (Å²) < 4.78 is 5.13. The first-order valence-electron chi connectivity index (χ1n) is 5.60. The first-order valence-corrected chi connectivity index (χ1v) is 5.60. The number of rotatable bonds is 2. The van der Waals surface area contributed by atoms with Gasteiger partial charge in [0.15, 0.2) is 5.78 Å². The van der Waals surface area contributed by atoms with E-state index in [9.17, 15) is 9.59 Å². The molecule has 0 aliphatic heterocycles. The molecular formula is C12H16O3. The molecule has 0 spiro atoms. The number of ketones is 1. The lowest BCUT2D eigenvalue weighted by atomic mass is 9.74. The topological polar surface area (TPSA) is 43.4 Å². The van der Waals surface area contributed by atoms with E-state index < -0.39 is 5.41 Å². The van der Waals surface area contributed by atoms with Gasteiger partial charge in [0.05, 0.1) is 12.0 Å². The molecule has 2 rings (SSSR count). The fourth-order valence-electron chi connectivity index (χ4n) is 2.68. The fraction of sp³-hybridized carbons (Fsp3) is 0.667. The number of carbonyl (C=O) groups excluding carboxylic acids is 2. The Kier molecular flexibility index (Phi) is 2.63. The lowest BCUT2D eigenvalue weighted by Gasteiger charge is -2.30. The summed E-state index contributed by atoms with van der Waals surface area (Å²) in [5, 5.41) is 0. The monoisotopic (exact) mass is 208 g/mol. The third-order valence-corrected chi connectivity index (χ3v) is 3.46. The first-order chi connectivity index (χ1) is 7.19. The SMILES string of the molecule is CCOC(=O)[C@@]12CCCC1=CC(=O)CC2. The second kappa shape index (κ2) is 3.80. The molecule has 2 aliphatic carbocycles. The molecule has 0 N–H and O–H groups in total. The van der Waals surface area contributed by atoms with E-state index >= 15 is 0 Å². The zero-order valence-corrected chi connectivity index (χ0v) is 9.04. The van der Waals surface area contributed by atoms with Gasteiger partial charge in [0.2, 0.25) is 0 Å². The van der Waals surface area contributed by atoms with Crippen LogP contribution in [0, 0.1) is 5.41 Å². The Morgan fingerprint density at radius 3 is 3.00 bits per heavy atom. The molecule has 1 atom stereocenters. The van der Waals surface area contributed by atoms with Crippen molar-refractivity contribution in [1.82, 2.24) is 0 Å². The van der Waals surface area contributed by atoms with Crippen molar-refractivity contribution < 1.29 is 14.3 Å². The average molecular weight is 208 g/mol. The molecule has 1 saturated carbocycles.